The monoisotopic (exact) mass is 276 g/mol. The molecule has 20 heavy (non-hydrogen) atoms. The molecule has 2 aromatic heterocycles. The van der Waals surface area contributed by atoms with Gasteiger partial charge in [-0.2, -0.15) is 0 Å². The number of hydrogen-bond acceptors (Lipinski definition) is 4. The van der Waals surface area contributed by atoms with E-state index in [4.69, 9.17) is 8.94 Å². The molecule has 0 spiro atoms. The van der Waals surface area contributed by atoms with Crippen LogP contribution in [0.1, 0.15) is 81.8 Å². The van der Waals surface area contributed by atoms with Gasteiger partial charge in [0, 0.05) is 17.9 Å². The molecule has 2 rings (SSSR count). The lowest BCUT2D eigenvalue weighted by atomic mass is 10.0. The van der Waals surface area contributed by atoms with Crippen molar-refractivity contribution in [3.05, 3.63) is 35.4 Å². The van der Waals surface area contributed by atoms with Gasteiger partial charge in [0.1, 0.15) is 12.0 Å². The molecule has 0 N–H and O–H groups in total. The first-order valence-electron chi connectivity index (χ1n) is 7.38. The van der Waals surface area contributed by atoms with Gasteiger partial charge in [-0.05, 0) is 18.8 Å². The number of aromatic nitrogens is 2. The van der Waals surface area contributed by atoms with E-state index in [-0.39, 0.29) is 0 Å². The van der Waals surface area contributed by atoms with Crippen molar-refractivity contribution >= 4 is 0 Å². The van der Waals surface area contributed by atoms with Crippen LogP contribution < -0.4 is 0 Å². The second-order valence-electron chi connectivity index (χ2n) is 6.08. The van der Waals surface area contributed by atoms with E-state index in [2.05, 4.69) is 50.8 Å². The molecule has 1 unspecified atom stereocenters. The normalized spacial score (nSPS) is 13.3. The molecule has 0 aliphatic rings. The Balaban J connectivity index is 1.91. The Labute approximate surface area is 120 Å². The minimum atomic E-state index is 0.337. The number of oxazole rings is 1. The van der Waals surface area contributed by atoms with E-state index in [1.165, 1.54) is 0 Å². The first kappa shape index (κ1) is 14.8. The summed E-state index contributed by atoms with van der Waals surface area (Å²) in [6.45, 7) is 10.6. The second-order valence-corrected chi connectivity index (χ2v) is 6.08. The van der Waals surface area contributed by atoms with Crippen LogP contribution in [0.4, 0.5) is 0 Å². The predicted octanol–water partition coefficient (Wildman–Crippen LogP) is 4.65. The van der Waals surface area contributed by atoms with Crippen molar-refractivity contribution in [3.8, 4) is 0 Å². The zero-order chi connectivity index (χ0) is 14.7. The summed E-state index contributed by atoms with van der Waals surface area (Å²) in [7, 11) is 0. The van der Waals surface area contributed by atoms with Crippen LogP contribution in [0, 0.1) is 0 Å². The molecule has 2 aromatic rings. The van der Waals surface area contributed by atoms with Crippen LogP contribution in [0.5, 0.6) is 0 Å². The van der Waals surface area contributed by atoms with Crippen molar-refractivity contribution in [2.24, 2.45) is 0 Å². The van der Waals surface area contributed by atoms with Crippen LogP contribution >= 0.6 is 0 Å². The maximum atomic E-state index is 5.45. The molecule has 0 radical (unpaired) electrons. The van der Waals surface area contributed by atoms with Crippen LogP contribution in [-0.2, 0) is 6.42 Å². The van der Waals surface area contributed by atoms with Crippen LogP contribution in [0.25, 0.3) is 0 Å². The lowest BCUT2D eigenvalue weighted by molar-refractivity contribution is 0.353. The molecular formula is C16H24N2O2. The van der Waals surface area contributed by atoms with Crippen LogP contribution in [-0.4, -0.2) is 10.1 Å². The lowest BCUT2D eigenvalue weighted by Crippen LogP contribution is -1.96. The van der Waals surface area contributed by atoms with Crippen molar-refractivity contribution in [2.75, 3.05) is 0 Å². The second kappa shape index (κ2) is 6.25. The minimum absolute atomic E-state index is 0.337. The average Bonchev–Trinajstić information content (AvgIpc) is 3.05. The summed E-state index contributed by atoms with van der Waals surface area (Å²) in [6, 6.07) is 2.07. The first-order chi connectivity index (χ1) is 9.47. The highest BCUT2D eigenvalue weighted by atomic mass is 16.5. The third-order valence-corrected chi connectivity index (χ3v) is 3.52. The Kier molecular flexibility index (Phi) is 4.63. The van der Waals surface area contributed by atoms with Gasteiger partial charge in [-0.15, -0.1) is 0 Å². The molecule has 2 heterocycles. The molecule has 0 amide bonds. The van der Waals surface area contributed by atoms with E-state index in [9.17, 15) is 0 Å². The SMILES string of the molecule is CC(C)c1cc(C(C)CCc2coc(C(C)C)n2)on1. The van der Waals surface area contributed by atoms with Crippen molar-refractivity contribution in [1.82, 2.24) is 10.1 Å². The van der Waals surface area contributed by atoms with E-state index in [1.807, 2.05) is 0 Å². The summed E-state index contributed by atoms with van der Waals surface area (Å²) in [5, 5.41) is 4.11. The zero-order valence-electron chi connectivity index (χ0n) is 13.0. The molecule has 4 heteroatoms. The maximum Gasteiger partial charge on any atom is 0.196 e. The van der Waals surface area contributed by atoms with E-state index in [0.29, 0.717) is 17.8 Å². The third-order valence-electron chi connectivity index (χ3n) is 3.52. The molecule has 0 aromatic carbocycles. The molecule has 0 aliphatic heterocycles. The molecule has 0 aliphatic carbocycles. The molecule has 0 saturated carbocycles. The molecular weight excluding hydrogens is 252 g/mol. The summed E-state index contributed by atoms with van der Waals surface area (Å²) >= 11 is 0. The van der Waals surface area contributed by atoms with Gasteiger partial charge in [-0.3, -0.25) is 0 Å². The van der Waals surface area contributed by atoms with Gasteiger partial charge in [0.25, 0.3) is 0 Å². The lowest BCUT2D eigenvalue weighted by Gasteiger charge is -2.05. The van der Waals surface area contributed by atoms with Gasteiger partial charge in [0.15, 0.2) is 5.89 Å². The quantitative estimate of drug-likeness (QED) is 0.770. The fraction of sp³-hybridized carbons (Fsp3) is 0.625. The Morgan fingerprint density at radius 2 is 1.85 bits per heavy atom. The van der Waals surface area contributed by atoms with E-state index in [1.54, 1.807) is 6.26 Å². The van der Waals surface area contributed by atoms with Gasteiger partial charge in [-0.1, -0.05) is 39.8 Å². The molecule has 0 bridgehead atoms. The van der Waals surface area contributed by atoms with E-state index >= 15 is 0 Å². The zero-order valence-corrected chi connectivity index (χ0v) is 13.0. The Morgan fingerprint density at radius 1 is 1.10 bits per heavy atom. The number of rotatable bonds is 6. The Morgan fingerprint density at radius 3 is 2.40 bits per heavy atom. The smallest absolute Gasteiger partial charge is 0.196 e. The summed E-state index contributed by atoms with van der Waals surface area (Å²) in [5.41, 5.74) is 2.04. The van der Waals surface area contributed by atoms with E-state index in [0.717, 1.165) is 35.9 Å². The summed E-state index contributed by atoms with van der Waals surface area (Å²) in [5.74, 6) is 2.86. The highest BCUT2D eigenvalue weighted by Crippen LogP contribution is 2.24. The Hall–Kier alpha value is -1.58. The number of aryl methyl sites for hydroxylation is 1. The van der Waals surface area contributed by atoms with Crippen LogP contribution in [0.15, 0.2) is 21.3 Å². The largest absolute Gasteiger partial charge is 0.448 e. The highest BCUT2D eigenvalue weighted by molar-refractivity contribution is 5.12. The van der Waals surface area contributed by atoms with Crippen LogP contribution in [0.3, 0.4) is 0 Å². The fourth-order valence-corrected chi connectivity index (χ4v) is 2.02. The topological polar surface area (TPSA) is 52.1 Å². The number of nitrogens with zero attached hydrogens (tertiary/aromatic N) is 2. The molecule has 4 nitrogen and oxygen atoms in total. The standard InChI is InChI=1S/C16H24N2O2/c1-10(2)14-8-15(20-18-14)12(5)6-7-13-9-19-16(17-13)11(3)4/h8-12H,6-7H2,1-5H3. The first-order valence-corrected chi connectivity index (χ1v) is 7.38. The predicted molar refractivity (Wildman–Crippen MR) is 77.9 cm³/mol. The summed E-state index contributed by atoms with van der Waals surface area (Å²) in [4.78, 5) is 4.50. The van der Waals surface area contributed by atoms with Crippen molar-refractivity contribution in [1.29, 1.82) is 0 Å². The van der Waals surface area contributed by atoms with E-state index < -0.39 is 0 Å². The van der Waals surface area contributed by atoms with Gasteiger partial charge in [0.2, 0.25) is 0 Å². The van der Waals surface area contributed by atoms with Crippen LogP contribution in [0.2, 0.25) is 0 Å². The van der Waals surface area contributed by atoms with Gasteiger partial charge < -0.3 is 8.94 Å². The van der Waals surface area contributed by atoms with Crippen molar-refractivity contribution in [3.63, 3.8) is 0 Å². The fourth-order valence-electron chi connectivity index (χ4n) is 2.02. The molecule has 1 atom stereocenters. The van der Waals surface area contributed by atoms with Gasteiger partial charge >= 0.3 is 0 Å². The van der Waals surface area contributed by atoms with Gasteiger partial charge in [-0.25, -0.2) is 4.98 Å². The third kappa shape index (κ3) is 3.50. The molecule has 0 saturated heterocycles. The number of hydrogen-bond donors (Lipinski definition) is 0. The average molecular weight is 276 g/mol. The summed E-state index contributed by atoms with van der Waals surface area (Å²) < 4.78 is 10.9. The highest BCUT2D eigenvalue weighted by Gasteiger charge is 2.15. The molecule has 0 fully saturated rings. The van der Waals surface area contributed by atoms with Crippen molar-refractivity contribution < 1.29 is 8.94 Å². The molecule has 110 valence electrons. The van der Waals surface area contributed by atoms with Crippen molar-refractivity contribution in [2.45, 2.75) is 65.2 Å². The van der Waals surface area contributed by atoms with Gasteiger partial charge in [0.05, 0.1) is 11.4 Å². The summed E-state index contributed by atoms with van der Waals surface area (Å²) in [6.07, 6.45) is 3.65. The Bertz CT molecular complexity index is 540. The minimum Gasteiger partial charge on any atom is -0.448 e. The maximum absolute atomic E-state index is 5.45.